The number of anilines is 1. The number of halogens is 6. The molecule has 0 bridgehead atoms. The minimum Gasteiger partial charge on any atom is -0.289 e. The number of hydrogen-bond acceptors (Lipinski definition) is 5. The molecule has 1 N–H and O–H groups in total. The lowest BCUT2D eigenvalue weighted by Gasteiger charge is -2.11. The van der Waals surface area contributed by atoms with Crippen LogP contribution in [0, 0.1) is 10.1 Å². The van der Waals surface area contributed by atoms with E-state index in [2.05, 4.69) is 5.10 Å². The molecule has 0 amide bonds. The van der Waals surface area contributed by atoms with Crippen LogP contribution in [-0.2, 0) is 4.79 Å². The highest BCUT2D eigenvalue weighted by atomic mass is 19.4. The SMILES string of the molecule is O=C(CC(=NNc1ccc([N+](=O)[O-])cc1)C(F)(F)F)C(F)(F)F. The molecule has 0 heterocycles. The van der Waals surface area contributed by atoms with Crippen molar-refractivity contribution in [3.05, 3.63) is 34.4 Å². The molecule has 0 aromatic heterocycles. The third kappa shape index (κ3) is 5.56. The summed E-state index contributed by atoms with van der Waals surface area (Å²) in [4.78, 5) is 20.3. The number of nitrogens with zero attached hydrogens (tertiary/aromatic N) is 2. The minimum absolute atomic E-state index is 0.142. The molecule has 1 aromatic carbocycles. The Morgan fingerprint density at radius 2 is 1.61 bits per heavy atom. The Morgan fingerprint density at radius 3 is 2.00 bits per heavy atom. The summed E-state index contributed by atoms with van der Waals surface area (Å²) >= 11 is 0. The van der Waals surface area contributed by atoms with E-state index in [-0.39, 0.29) is 11.4 Å². The number of benzene rings is 1. The molecular formula is C11H7F6N3O3. The van der Waals surface area contributed by atoms with E-state index in [1.807, 2.05) is 0 Å². The summed E-state index contributed by atoms with van der Waals surface area (Å²) in [6.07, 6.45) is -12.7. The molecule has 1 aromatic rings. The third-order valence-corrected chi connectivity index (χ3v) is 2.37. The lowest BCUT2D eigenvalue weighted by molar-refractivity contribution is -0.384. The fourth-order valence-corrected chi connectivity index (χ4v) is 1.25. The fourth-order valence-electron chi connectivity index (χ4n) is 1.25. The molecule has 126 valence electrons. The number of nitrogens with one attached hydrogen (secondary N) is 1. The van der Waals surface area contributed by atoms with Crippen LogP contribution in [0.3, 0.4) is 0 Å². The van der Waals surface area contributed by atoms with Gasteiger partial charge in [0.25, 0.3) is 5.69 Å². The number of non-ortho nitro benzene ring substituents is 1. The zero-order valence-corrected chi connectivity index (χ0v) is 10.9. The third-order valence-electron chi connectivity index (χ3n) is 2.37. The highest BCUT2D eigenvalue weighted by Crippen LogP contribution is 2.25. The Bertz CT molecular complexity index is 621. The molecule has 0 aliphatic carbocycles. The van der Waals surface area contributed by atoms with E-state index in [1.54, 1.807) is 5.43 Å². The standard InChI is InChI=1S/C11H7F6N3O3/c12-10(13,14)8(5-9(21)11(15,16)17)19-18-6-1-3-7(4-2-6)20(22)23/h1-4,18H,5H2. The van der Waals surface area contributed by atoms with Gasteiger partial charge in [-0.3, -0.25) is 20.3 Å². The van der Waals surface area contributed by atoms with E-state index in [1.165, 1.54) is 0 Å². The Kier molecular flexibility index (Phi) is 5.30. The van der Waals surface area contributed by atoms with Gasteiger partial charge in [0.05, 0.1) is 17.0 Å². The molecule has 0 aliphatic heterocycles. The van der Waals surface area contributed by atoms with E-state index in [9.17, 15) is 41.3 Å². The summed E-state index contributed by atoms with van der Waals surface area (Å²) in [6.45, 7) is 0. The average molecular weight is 343 g/mol. The molecule has 23 heavy (non-hydrogen) atoms. The second-order valence-electron chi connectivity index (χ2n) is 4.07. The molecule has 0 unspecified atom stereocenters. The van der Waals surface area contributed by atoms with E-state index >= 15 is 0 Å². The summed E-state index contributed by atoms with van der Waals surface area (Å²) in [6, 6.07) is 3.90. The van der Waals surface area contributed by atoms with Crippen LogP contribution in [0.15, 0.2) is 29.4 Å². The molecule has 0 aliphatic rings. The number of carbonyl (C=O) groups is 1. The van der Waals surface area contributed by atoms with Gasteiger partial charge in [0.2, 0.25) is 5.78 Å². The summed E-state index contributed by atoms with van der Waals surface area (Å²) < 4.78 is 73.8. The predicted molar refractivity (Wildman–Crippen MR) is 65.9 cm³/mol. The van der Waals surface area contributed by atoms with Crippen molar-refractivity contribution in [3.8, 4) is 0 Å². The van der Waals surface area contributed by atoms with E-state index in [0.29, 0.717) is 0 Å². The van der Waals surface area contributed by atoms with Gasteiger partial charge in [0, 0.05) is 12.1 Å². The van der Waals surface area contributed by atoms with Crippen molar-refractivity contribution in [3.63, 3.8) is 0 Å². The summed E-state index contributed by atoms with van der Waals surface area (Å²) in [7, 11) is 0. The van der Waals surface area contributed by atoms with Crippen molar-refractivity contribution in [1.82, 2.24) is 0 Å². The molecule has 0 atom stereocenters. The smallest absolute Gasteiger partial charge is 0.289 e. The van der Waals surface area contributed by atoms with Gasteiger partial charge < -0.3 is 0 Å². The van der Waals surface area contributed by atoms with Crippen molar-refractivity contribution < 1.29 is 36.1 Å². The summed E-state index contributed by atoms with van der Waals surface area (Å²) in [5.41, 5.74) is -0.660. The maximum absolute atomic E-state index is 12.6. The van der Waals surface area contributed by atoms with Crippen LogP contribution in [0.5, 0.6) is 0 Å². The van der Waals surface area contributed by atoms with Crippen LogP contribution in [0.2, 0.25) is 0 Å². The molecule has 0 saturated carbocycles. The number of rotatable bonds is 5. The maximum Gasteiger partial charge on any atom is 0.450 e. The number of nitro groups is 1. The van der Waals surface area contributed by atoms with Crippen molar-refractivity contribution in [2.45, 2.75) is 18.8 Å². The van der Waals surface area contributed by atoms with Gasteiger partial charge in [-0.25, -0.2) is 0 Å². The number of ketones is 1. The lowest BCUT2D eigenvalue weighted by Crippen LogP contribution is -2.32. The molecule has 0 spiro atoms. The number of nitro benzene ring substituents is 1. The van der Waals surface area contributed by atoms with Crippen LogP contribution in [0.25, 0.3) is 0 Å². The molecule has 0 saturated heterocycles. The molecular weight excluding hydrogens is 336 g/mol. The van der Waals surface area contributed by atoms with Gasteiger partial charge in [-0.1, -0.05) is 0 Å². The normalized spacial score (nSPS) is 12.9. The average Bonchev–Trinajstić information content (AvgIpc) is 2.41. The number of hydrogen-bond donors (Lipinski definition) is 1. The Balaban J connectivity index is 2.93. The van der Waals surface area contributed by atoms with Crippen LogP contribution < -0.4 is 5.43 Å². The van der Waals surface area contributed by atoms with Crippen molar-refractivity contribution in [2.75, 3.05) is 5.43 Å². The number of carbonyl (C=O) groups excluding carboxylic acids is 1. The van der Waals surface area contributed by atoms with Gasteiger partial charge in [0.1, 0.15) is 5.71 Å². The number of Topliss-reactive ketones (excluding diaryl/α,β-unsaturated/α-hetero) is 1. The van der Waals surface area contributed by atoms with Gasteiger partial charge in [0.15, 0.2) is 0 Å². The van der Waals surface area contributed by atoms with E-state index < -0.39 is 35.2 Å². The maximum atomic E-state index is 12.6. The quantitative estimate of drug-likeness (QED) is 0.384. The Morgan fingerprint density at radius 1 is 1.09 bits per heavy atom. The van der Waals surface area contributed by atoms with Crippen LogP contribution >= 0.6 is 0 Å². The fraction of sp³-hybridized carbons (Fsp3) is 0.273. The summed E-state index contributed by atoms with van der Waals surface area (Å²) in [5.74, 6) is -2.60. The van der Waals surface area contributed by atoms with Crippen LogP contribution in [0.1, 0.15) is 6.42 Å². The van der Waals surface area contributed by atoms with Crippen molar-refractivity contribution in [2.24, 2.45) is 5.10 Å². The number of alkyl halides is 6. The first-order valence-electron chi connectivity index (χ1n) is 5.65. The Hall–Kier alpha value is -2.66. The topological polar surface area (TPSA) is 84.6 Å². The minimum atomic E-state index is -5.42. The first kappa shape index (κ1) is 18.4. The van der Waals surface area contributed by atoms with E-state index in [0.717, 1.165) is 24.3 Å². The van der Waals surface area contributed by atoms with Gasteiger partial charge in [-0.15, -0.1) is 0 Å². The highest BCUT2D eigenvalue weighted by Gasteiger charge is 2.44. The molecule has 1 rings (SSSR count). The first-order valence-corrected chi connectivity index (χ1v) is 5.65. The van der Waals surface area contributed by atoms with Gasteiger partial charge in [-0.05, 0) is 12.1 Å². The molecule has 0 fully saturated rings. The van der Waals surface area contributed by atoms with Gasteiger partial charge >= 0.3 is 12.4 Å². The van der Waals surface area contributed by atoms with E-state index in [4.69, 9.17) is 0 Å². The molecule has 6 nitrogen and oxygen atoms in total. The van der Waals surface area contributed by atoms with Gasteiger partial charge in [-0.2, -0.15) is 31.4 Å². The van der Waals surface area contributed by atoms with Crippen LogP contribution in [-0.4, -0.2) is 28.8 Å². The highest BCUT2D eigenvalue weighted by molar-refractivity contribution is 6.06. The summed E-state index contributed by atoms with van der Waals surface area (Å²) in [5, 5.41) is 13.1. The molecule has 12 heteroatoms. The monoisotopic (exact) mass is 343 g/mol. The lowest BCUT2D eigenvalue weighted by atomic mass is 10.2. The zero-order valence-electron chi connectivity index (χ0n) is 10.9. The Labute approximate surface area is 123 Å². The van der Waals surface area contributed by atoms with Crippen LogP contribution in [0.4, 0.5) is 37.7 Å². The van der Waals surface area contributed by atoms with Crippen molar-refractivity contribution >= 4 is 22.9 Å². The zero-order chi connectivity index (χ0) is 17.8. The largest absolute Gasteiger partial charge is 0.450 e. The second-order valence-corrected chi connectivity index (χ2v) is 4.07. The second kappa shape index (κ2) is 6.62. The molecule has 0 radical (unpaired) electrons. The number of hydrazone groups is 1. The van der Waals surface area contributed by atoms with Crippen molar-refractivity contribution in [1.29, 1.82) is 0 Å². The predicted octanol–water partition coefficient (Wildman–Crippen LogP) is 3.45. The first-order chi connectivity index (χ1) is 10.4.